The van der Waals surface area contributed by atoms with E-state index in [9.17, 15) is 14.0 Å². The lowest BCUT2D eigenvalue weighted by Crippen LogP contribution is -2.23. The third-order valence-electron chi connectivity index (χ3n) is 5.12. The monoisotopic (exact) mass is 423 g/mol. The van der Waals surface area contributed by atoms with Gasteiger partial charge in [-0.25, -0.2) is 4.39 Å². The molecule has 0 radical (unpaired) electrons. The second kappa shape index (κ2) is 8.51. The van der Waals surface area contributed by atoms with Crippen LogP contribution >= 0.6 is 0 Å². The average molecular weight is 423 g/mol. The number of nitrogens with zero attached hydrogens (tertiary/aromatic N) is 2. The number of halogens is 1. The van der Waals surface area contributed by atoms with Crippen molar-refractivity contribution in [3.8, 4) is 11.5 Å². The van der Waals surface area contributed by atoms with Crippen LogP contribution in [0.4, 0.5) is 10.1 Å². The fourth-order valence-electron chi connectivity index (χ4n) is 3.65. The molecule has 4 rings (SSSR count). The number of aryl methyl sites for hydroxylation is 1. The maximum Gasteiger partial charge on any atom is 0.275 e. The van der Waals surface area contributed by atoms with Crippen molar-refractivity contribution in [3.63, 3.8) is 0 Å². The Kier molecular flexibility index (Phi) is 5.62. The molecule has 160 valence electrons. The predicted octanol–water partition coefficient (Wildman–Crippen LogP) is 3.83. The minimum atomic E-state index is -0.420. The SMILES string of the molecule is COc1cc(NC(=O)CCCn2c(=O)c3cccn3c3ccc(F)cc32)cc(OC)c1. The summed E-state index contributed by atoms with van der Waals surface area (Å²) in [6.07, 6.45) is 2.38. The first-order valence-electron chi connectivity index (χ1n) is 9.82. The van der Waals surface area contributed by atoms with E-state index in [1.807, 2.05) is 0 Å². The van der Waals surface area contributed by atoms with Crippen LogP contribution in [0.5, 0.6) is 11.5 Å². The molecule has 0 atom stereocenters. The van der Waals surface area contributed by atoms with Gasteiger partial charge < -0.3 is 23.8 Å². The Morgan fingerprint density at radius 1 is 1.00 bits per heavy atom. The molecule has 0 bridgehead atoms. The average Bonchev–Trinajstić information content (AvgIpc) is 3.26. The van der Waals surface area contributed by atoms with E-state index in [0.717, 1.165) is 5.52 Å². The lowest BCUT2D eigenvalue weighted by molar-refractivity contribution is -0.116. The normalized spacial score (nSPS) is 11.1. The number of anilines is 1. The highest BCUT2D eigenvalue weighted by molar-refractivity contribution is 5.91. The number of nitrogens with one attached hydrogen (secondary N) is 1. The van der Waals surface area contributed by atoms with Crippen molar-refractivity contribution < 1.29 is 18.7 Å². The molecule has 7 nitrogen and oxygen atoms in total. The minimum absolute atomic E-state index is 0.189. The summed E-state index contributed by atoms with van der Waals surface area (Å²) < 4.78 is 27.6. The third-order valence-corrected chi connectivity index (χ3v) is 5.12. The molecule has 0 aliphatic heterocycles. The zero-order chi connectivity index (χ0) is 22.0. The number of carbonyl (C=O) groups is 1. The molecule has 0 spiro atoms. The van der Waals surface area contributed by atoms with Gasteiger partial charge in [-0.1, -0.05) is 0 Å². The number of amides is 1. The zero-order valence-corrected chi connectivity index (χ0v) is 17.2. The van der Waals surface area contributed by atoms with Crippen LogP contribution in [-0.4, -0.2) is 29.1 Å². The lowest BCUT2D eigenvalue weighted by atomic mass is 10.2. The highest BCUT2D eigenvalue weighted by Gasteiger charge is 2.12. The molecule has 0 fully saturated rings. The second-order valence-electron chi connectivity index (χ2n) is 7.11. The van der Waals surface area contributed by atoms with Gasteiger partial charge in [-0.15, -0.1) is 0 Å². The van der Waals surface area contributed by atoms with E-state index in [1.165, 1.54) is 30.9 Å². The Labute approximate surface area is 177 Å². The number of rotatable bonds is 7. The first-order chi connectivity index (χ1) is 15.0. The fraction of sp³-hybridized carbons (Fsp3) is 0.217. The molecule has 8 heteroatoms. The molecular formula is C23H22FN3O4. The van der Waals surface area contributed by atoms with Gasteiger partial charge in [0.15, 0.2) is 0 Å². The Balaban J connectivity index is 1.52. The van der Waals surface area contributed by atoms with Crippen LogP contribution < -0.4 is 20.3 Å². The molecule has 2 aromatic carbocycles. The Hall–Kier alpha value is -3.81. The van der Waals surface area contributed by atoms with Gasteiger partial charge in [-0.2, -0.15) is 0 Å². The maximum absolute atomic E-state index is 13.9. The molecule has 2 heterocycles. The second-order valence-corrected chi connectivity index (χ2v) is 7.11. The molecule has 0 saturated carbocycles. The number of hydrogen-bond donors (Lipinski definition) is 1. The summed E-state index contributed by atoms with van der Waals surface area (Å²) in [5.74, 6) is 0.505. The van der Waals surface area contributed by atoms with Crippen molar-refractivity contribution >= 4 is 28.1 Å². The summed E-state index contributed by atoms with van der Waals surface area (Å²) in [5.41, 5.74) is 2.06. The maximum atomic E-state index is 13.9. The van der Waals surface area contributed by atoms with Gasteiger partial charge in [0.25, 0.3) is 5.56 Å². The largest absolute Gasteiger partial charge is 0.497 e. The van der Waals surface area contributed by atoms with E-state index in [1.54, 1.807) is 47.0 Å². The number of methoxy groups -OCH3 is 2. The van der Waals surface area contributed by atoms with Gasteiger partial charge in [-0.05, 0) is 36.8 Å². The quantitative estimate of drug-likeness (QED) is 0.490. The van der Waals surface area contributed by atoms with Crippen LogP contribution in [0.25, 0.3) is 16.6 Å². The van der Waals surface area contributed by atoms with Crippen molar-refractivity contribution in [2.45, 2.75) is 19.4 Å². The number of aromatic nitrogens is 2. The minimum Gasteiger partial charge on any atom is -0.497 e. The van der Waals surface area contributed by atoms with E-state index >= 15 is 0 Å². The van der Waals surface area contributed by atoms with Gasteiger partial charge in [0.2, 0.25) is 5.91 Å². The van der Waals surface area contributed by atoms with Crippen LogP contribution in [-0.2, 0) is 11.3 Å². The molecule has 0 aliphatic rings. The van der Waals surface area contributed by atoms with Crippen LogP contribution in [0.15, 0.2) is 59.5 Å². The summed E-state index contributed by atoms with van der Waals surface area (Å²) in [7, 11) is 3.07. The lowest BCUT2D eigenvalue weighted by Gasteiger charge is -2.13. The topological polar surface area (TPSA) is 74.0 Å². The number of hydrogen-bond acceptors (Lipinski definition) is 4. The first-order valence-corrected chi connectivity index (χ1v) is 9.82. The van der Waals surface area contributed by atoms with E-state index in [0.29, 0.717) is 34.6 Å². The van der Waals surface area contributed by atoms with Gasteiger partial charge in [-0.3, -0.25) is 9.59 Å². The van der Waals surface area contributed by atoms with E-state index in [4.69, 9.17) is 9.47 Å². The Morgan fingerprint density at radius 3 is 2.45 bits per heavy atom. The van der Waals surface area contributed by atoms with Crippen molar-refractivity contribution in [1.82, 2.24) is 8.97 Å². The van der Waals surface area contributed by atoms with Gasteiger partial charge in [0, 0.05) is 43.0 Å². The van der Waals surface area contributed by atoms with Gasteiger partial charge in [0.05, 0.1) is 25.3 Å². The van der Waals surface area contributed by atoms with Crippen LogP contribution in [0.1, 0.15) is 12.8 Å². The van der Waals surface area contributed by atoms with Crippen molar-refractivity contribution in [2.75, 3.05) is 19.5 Å². The summed E-state index contributed by atoms with van der Waals surface area (Å²) in [5, 5.41) is 2.81. The molecule has 4 aromatic rings. The first kappa shape index (κ1) is 20.5. The molecule has 2 aromatic heterocycles. The molecular weight excluding hydrogens is 401 g/mol. The van der Waals surface area contributed by atoms with Crippen molar-refractivity contribution in [3.05, 3.63) is 70.9 Å². The number of benzene rings is 2. The van der Waals surface area contributed by atoms with E-state index < -0.39 is 5.82 Å². The number of carbonyl (C=O) groups excluding carboxylic acids is 1. The summed E-state index contributed by atoms with van der Waals surface area (Å²) in [6, 6.07) is 13.0. The smallest absolute Gasteiger partial charge is 0.275 e. The molecule has 1 N–H and O–H groups in total. The number of fused-ring (bicyclic) bond motifs is 3. The van der Waals surface area contributed by atoms with Crippen molar-refractivity contribution in [2.24, 2.45) is 0 Å². The predicted molar refractivity (Wildman–Crippen MR) is 117 cm³/mol. The van der Waals surface area contributed by atoms with Crippen LogP contribution in [0, 0.1) is 5.82 Å². The molecule has 0 aliphatic carbocycles. The third kappa shape index (κ3) is 4.09. The Bertz CT molecular complexity index is 1300. The van der Waals surface area contributed by atoms with E-state index in [2.05, 4.69) is 5.32 Å². The Morgan fingerprint density at radius 2 is 1.74 bits per heavy atom. The highest BCUT2D eigenvalue weighted by Crippen LogP contribution is 2.26. The van der Waals surface area contributed by atoms with Crippen LogP contribution in [0.3, 0.4) is 0 Å². The summed E-state index contributed by atoms with van der Waals surface area (Å²) in [6.45, 7) is 0.287. The molecule has 0 unspecified atom stereocenters. The van der Waals surface area contributed by atoms with E-state index in [-0.39, 0.29) is 24.4 Å². The molecule has 31 heavy (non-hydrogen) atoms. The highest BCUT2D eigenvalue weighted by atomic mass is 19.1. The summed E-state index contributed by atoms with van der Waals surface area (Å²) >= 11 is 0. The summed E-state index contributed by atoms with van der Waals surface area (Å²) in [4.78, 5) is 25.3. The fourth-order valence-corrected chi connectivity index (χ4v) is 3.65. The number of ether oxygens (including phenoxy) is 2. The van der Waals surface area contributed by atoms with Crippen LogP contribution in [0.2, 0.25) is 0 Å². The van der Waals surface area contributed by atoms with Gasteiger partial charge in [0.1, 0.15) is 22.8 Å². The molecule has 1 amide bonds. The molecule has 0 saturated heterocycles. The zero-order valence-electron chi connectivity index (χ0n) is 17.2. The standard InChI is InChI=1S/C23H22FN3O4/c1-30-17-12-16(13-18(14-17)31-2)25-22(28)6-4-10-27-21-11-15(24)7-8-19(21)26-9-3-5-20(26)23(27)29/h3,5,7-9,11-14H,4,6,10H2,1-2H3,(H,25,28). The van der Waals surface area contributed by atoms with Crippen molar-refractivity contribution in [1.29, 1.82) is 0 Å². The van der Waals surface area contributed by atoms with Gasteiger partial charge >= 0.3 is 0 Å².